The van der Waals surface area contributed by atoms with Crippen LogP contribution in [0.4, 0.5) is 14.5 Å². The molecule has 1 rings (SSSR count). The first kappa shape index (κ1) is 16.9. The van der Waals surface area contributed by atoms with E-state index in [2.05, 4.69) is 5.32 Å². The van der Waals surface area contributed by atoms with Gasteiger partial charge in [-0.1, -0.05) is 6.92 Å². The first-order valence-corrected chi connectivity index (χ1v) is 7.13. The number of hydrogen-bond donors (Lipinski definition) is 2. The highest BCUT2D eigenvalue weighted by molar-refractivity contribution is 7.89. The molecular weight excluding hydrogens is 312 g/mol. The summed E-state index contributed by atoms with van der Waals surface area (Å²) in [6.45, 7) is 1.71. The minimum Gasteiger partial charge on any atom is -0.352 e. The zero-order valence-electron chi connectivity index (χ0n) is 10.7. The fraction of sp³-hybridized carbons (Fsp3) is 0.300. The first-order valence-electron chi connectivity index (χ1n) is 5.58. The predicted molar refractivity (Wildman–Crippen MR) is 67.0 cm³/mol. The molecule has 1 aromatic rings. The van der Waals surface area contributed by atoms with Gasteiger partial charge in [0, 0.05) is 12.6 Å². The Labute approximate surface area is 118 Å². The summed E-state index contributed by atoms with van der Waals surface area (Å²) in [7, 11) is -4.71. The lowest BCUT2D eigenvalue weighted by atomic mass is 10.1. The minimum atomic E-state index is -4.71. The Morgan fingerprint density at radius 1 is 1.43 bits per heavy atom. The van der Waals surface area contributed by atoms with Crippen molar-refractivity contribution >= 4 is 21.6 Å². The van der Waals surface area contributed by atoms with Crippen molar-refractivity contribution in [3.63, 3.8) is 0 Å². The van der Waals surface area contributed by atoms with Crippen LogP contribution in [-0.2, 0) is 10.0 Å². The first-order chi connectivity index (χ1) is 9.61. The molecule has 11 heteroatoms. The summed E-state index contributed by atoms with van der Waals surface area (Å²) in [5.74, 6) is -4.84. The Balaban J connectivity index is 3.65. The van der Waals surface area contributed by atoms with Crippen LogP contribution in [0.5, 0.6) is 0 Å². The third kappa shape index (κ3) is 3.49. The fourth-order valence-electron chi connectivity index (χ4n) is 1.46. The molecule has 0 fully saturated rings. The summed E-state index contributed by atoms with van der Waals surface area (Å²) < 4.78 is 50.2. The smallest absolute Gasteiger partial charge is 0.307 e. The number of benzene rings is 1. The van der Waals surface area contributed by atoms with E-state index in [-0.39, 0.29) is 12.6 Å². The topological polar surface area (TPSA) is 132 Å². The number of nitrogens with zero attached hydrogens (tertiary/aromatic N) is 1. The normalized spacial score (nSPS) is 11.2. The second kappa shape index (κ2) is 6.10. The largest absolute Gasteiger partial charge is 0.352 e. The molecule has 0 saturated carbocycles. The Hall–Kier alpha value is -2.14. The van der Waals surface area contributed by atoms with Crippen molar-refractivity contribution in [1.29, 1.82) is 0 Å². The summed E-state index contributed by atoms with van der Waals surface area (Å²) in [4.78, 5) is 19.7. The maximum absolute atomic E-state index is 14.0. The van der Waals surface area contributed by atoms with Gasteiger partial charge in [0.1, 0.15) is 10.5 Å². The quantitative estimate of drug-likeness (QED) is 0.606. The molecular formula is C10H11F2N3O5S. The number of sulfonamides is 1. The van der Waals surface area contributed by atoms with Gasteiger partial charge in [0.25, 0.3) is 5.91 Å². The molecule has 21 heavy (non-hydrogen) atoms. The van der Waals surface area contributed by atoms with E-state index in [1.54, 1.807) is 6.92 Å². The number of halogens is 2. The molecule has 0 aliphatic heterocycles. The summed E-state index contributed by atoms with van der Waals surface area (Å²) in [5.41, 5.74) is -2.72. The van der Waals surface area contributed by atoms with E-state index in [1.807, 2.05) is 0 Å². The van der Waals surface area contributed by atoms with Crippen LogP contribution in [0.1, 0.15) is 23.7 Å². The minimum absolute atomic E-state index is 0.0467. The highest BCUT2D eigenvalue weighted by Crippen LogP contribution is 2.28. The number of hydrogen-bond acceptors (Lipinski definition) is 5. The van der Waals surface area contributed by atoms with Crippen LogP contribution in [0.3, 0.4) is 0 Å². The fourth-order valence-corrected chi connectivity index (χ4v) is 2.09. The Bertz CT molecular complexity index is 705. The SMILES string of the molecule is CCCNC(=O)c1c(F)c([N+](=O)[O-])cc(S(N)(=O)=O)c1F. The van der Waals surface area contributed by atoms with Crippen LogP contribution in [0, 0.1) is 21.7 Å². The van der Waals surface area contributed by atoms with Gasteiger partial charge in [-0.2, -0.15) is 4.39 Å². The van der Waals surface area contributed by atoms with Crippen molar-refractivity contribution in [3.05, 3.63) is 33.4 Å². The molecule has 3 N–H and O–H groups in total. The van der Waals surface area contributed by atoms with Gasteiger partial charge in [-0.15, -0.1) is 0 Å². The lowest BCUT2D eigenvalue weighted by molar-refractivity contribution is -0.387. The van der Waals surface area contributed by atoms with Crippen LogP contribution < -0.4 is 10.5 Å². The number of nitro groups is 1. The molecule has 8 nitrogen and oxygen atoms in total. The van der Waals surface area contributed by atoms with Crippen LogP contribution in [0.2, 0.25) is 0 Å². The van der Waals surface area contributed by atoms with Crippen LogP contribution in [-0.4, -0.2) is 25.8 Å². The number of primary sulfonamides is 1. The number of nitrogens with two attached hydrogens (primary N) is 1. The molecule has 0 aromatic heterocycles. The van der Waals surface area contributed by atoms with Gasteiger partial charge in [0.05, 0.1) is 4.92 Å². The van der Waals surface area contributed by atoms with Crippen molar-refractivity contribution in [3.8, 4) is 0 Å². The Kier molecular flexibility index (Phi) is 4.91. The summed E-state index contributed by atoms with van der Waals surface area (Å²) in [6, 6.07) is 0.136. The number of amides is 1. The Morgan fingerprint density at radius 2 is 2.00 bits per heavy atom. The Morgan fingerprint density at radius 3 is 2.43 bits per heavy atom. The lowest BCUT2D eigenvalue weighted by Crippen LogP contribution is -2.28. The van der Waals surface area contributed by atoms with Gasteiger partial charge in [0.15, 0.2) is 5.82 Å². The molecule has 0 bridgehead atoms. The van der Waals surface area contributed by atoms with Crippen molar-refractivity contribution in [2.24, 2.45) is 5.14 Å². The molecule has 0 heterocycles. The lowest BCUT2D eigenvalue weighted by Gasteiger charge is -2.09. The van der Waals surface area contributed by atoms with E-state index in [9.17, 15) is 32.1 Å². The molecule has 0 saturated heterocycles. The van der Waals surface area contributed by atoms with E-state index >= 15 is 0 Å². The molecule has 0 unspecified atom stereocenters. The van der Waals surface area contributed by atoms with Gasteiger partial charge in [0.2, 0.25) is 15.8 Å². The van der Waals surface area contributed by atoms with E-state index in [0.717, 1.165) is 0 Å². The summed E-state index contributed by atoms with van der Waals surface area (Å²) in [6.07, 6.45) is 0.436. The molecule has 0 aliphatic carbocycles. The maximum Gasteiger partial charge on any atom is 0.307 e. The predicted octanol–water partition coefficient (Wildman–Crippen LogP) is 0.660. The number of nitrogens with one attached hydrogen (secondary N) is 1. The van der Waals surface area contributed by atoms with E-state index in [0.29, 0.717) is 6.42 Å². The average Bonchev–Trinajstić information content (AvgIpc) is 2.34. The number of nitro benzene ring substituents is 1. The van der Waals surface area contributed by atoms with E-state index in [1.165, 1.54) is 0 Å². The molecule has 1 aromatic carbocycles. The van der Waals surface area contributed by atoms with E-state index < -0.39 is 48.6 Å². The number of carbonyl (C=O) groups excluding carboxylic acids is 1. The van der Waals surface area contributed by atoms with Gasteiger partial charge in [-0.3, -0.25) is 14.9 Å². The van der Waals surface area contributed by atoms with Crippen molar-refractivity contribution in [2.45, 2.75) is 18.2 Å². The average molecular weight is 323 g/mol. The molecule has 0 radical (unpaired) electrons. The van der Waals surface area contributed by atoms with Crippen LogP contribution in [0.25, 0.3) is 0 Å². The van der Waals surface area contributed by atoms with Gasteiger partial charge in [-0.05, 0) is 6.42 Å². The van der Waals surface area contributed by atoms with Gasteiger partial charge < -0.3 is 5.32 Å². The van der Waals surface area contributed by atoms with E-state index in [4.69, 9.17) is 5.14 Å². The third-order valence-corrected chi connectivity index (χ3v) is 3.32. The second-order valence-electron chi connectivity index (χ2n) is 3.95. The highest BCUT2D eigenvalue weighted by Gasteiger charge is 2.32. The standard InChI is InChI=1S/C10H11F2N3O5S/c1-2-3-14-10(16)7-8(11)5(15(17)18)4-6(9(7)12)21(13,19)20/h4H,2-3H2,1H3,(H,14,16)(H2,13,19,20). The monoisotopic (exact) mass is 323 g/mol. The molecule has 1 amide bonds. The van der Waals surface area contributed by atoms with Crippen molar-refractivity contribution < 1.29 is 26.9 Å². The van der Waals surface area contributed by atoms with Crippen molar-refractivity contribution in [1.82, 2.24) is 5.32 Å². The van der Waals surface area contributed by atoms with Gasteiger partial charge >= 0.3 is 5.69 Å². The molecule has 0 spiro atoms. The zero-order chi connectivity index (χ0) is 16.4. The number of carbonyl (C=O) groups is 1. The summed E-state index contributed by atoms with van der Waals surface area (Å²) in [5, 5.41) is 17.5. The maximum atomic E-state index is 14.0. The van der Waals surface area contributed by atoms with Gasteiger partial charge in [-0.25, -0.2) is 17.9 Å². The second-order valence-corrected chi connectivity index (χ2v) is 5.48. The van der Waals surface area contributed by atoms with Crippen LogP contribution >= 0.6 is 0 Å². The molecule has 116 valence electrons. The highest BCUT2D eigenvalue weighted by atomic mass is 32.2. The van der Waals surface area contributed by atoms with Crippen LogP contribution in [0.15, 0.2) is 11.0 Å². The number of rotatable bonds is 5. The zero-order valence-corrected chi connectivity index (χ0v) is 11.5. The molecule has 0 aliphatic rings. The summed E-state index contributed by atoms with van der Waals surface area (Å²) >= 11 is 0. The molecule has 0 atom stereocenters. The van der Waals surface area contributed by atoms with Crippen molar-refractivity contribution in [2.75, 3.05) is 6.54 Å². The third-order valence-electron chi connectivity index (χ3n) is 2.41.